The minimum absolute atomic E-state index is 0.267. The fraction of sp³-hybridized carbons (Fsp3) is 0.357. The van der Waals surface area contributed by atoms with E-state index in [0.29, 0.717) is 0 Å². The number of para-hydroxylation sites is 1. The van der Waals surface area contributed by atoms with Gasteiger partial charge in [0.15, 0.2) is 12.2 Å². The van der Waals surface area contributed by atoms with Crippen LogP contribution in [0, 0.1) is 0 Å². The summed E-state index contributed by atoms with van der Waals surface area (Å²) in [4.78, 5) is 34.0. The predicted molar refractivity (Wildman–Crippen MR) is 76.8 cm³/mol. The molecule has 3 amide bonds. The van der Waals surface area contributed by atoms with E-state index in [1.165, 1.54) is 4.90 Å². The number of fused-ring (bicyclic) bond motifs is 3. The Morgan fingerprint density at radius 1 is 1.19 bits per heavy atom. The molecule has 2 atom stereocenters. The molecule has 4 rings (SSSR count). The van der Waals surface area contributed by atoms with Crippen molar-refractivity contribution in [1.29, 1.82) is 0 Å². The van der Waals surface area contributed by atoms with Gasteiger partial charge < -0.3 is 14.7 Å². The minimum atomic E-state index is -0.437. The second-order valence-corrected chi connectivity index (χ2v) is 5.37. The SMILES string of the molecule is CN1C(=O)NC(=O)C2C1N=C1N(c3ccccc3)CCN12. The number of anilines is 1. The number of nitrogens with one attached hydrogen (secondary N) is 1. The van der Waals surface area contributed by atoms with Crippen molar-refractivity contribution in [3.05, 3.63) is 30.3 Å². The quantitative estimate of drug-likeness (QED) is 0.792. The van der Waals surface area contributed by atoms with Crippen molar-refractivity contribution < 1.29 is 9.59 Å². The van der Waals surface area contributed by atoms with Gasteiger partial charge >= 0.3 is 6.03 Å². The number of rotatable bonds is 1. The van der Waals surface area contributed by atoms with Crippen molar-refractivity contribution in [2.75, 3.05) is 25.0 Å². The summed E-state index contributed by atoms with van der Waals surface area (Å²) in [5, 5.41) is 2.38. The van der Waals surface area contributed by atoms with Crippen LogP contribution in [0.3, 0.4) is 0 Å². The third-order valence-electron chi connectivity index (χ3n) is 4.21. The van der Waals surface area contributed by atoms with Gasteiger partial charge in [-0.2, -0.15) is 0 Å². The highest BCUT2D eigenvalue weighted by Gasteiger charge is 2.51. The molecule has 108 valence electrons. The Morgan fingerprint density at radius 2 is 1.95 bits per heavy atom. The number of carbonyl (C=O) groups excluding carboxylic acids is 2. The lowest BCUT2D eigenvalue weighted by Gasteiger charge is -2.34. The summed E-state index contributed by atoms with van der Waals surface area (Å²) in [6.45, 7) is 1.52. The Bertz CT molecular complexity index is 644. The molecule has 7 nitrogen and oxygen atoms in total. The first-order valence-corrected chi connectivity index (χ1v) is 6.91. The maximum absolute atomic E-state index is 12.1. The molecule has 0 saturated carbocycles. The standard InChI is InChI=1S/C14H15N5O2/c1-17-11-10(12(20)16-14(17)21)19-8-7-18(13(19)15-11)9-5-3-2-4-6-9/h2-6,10-11H,7-8H2,1H3,(H,16,20,21). The van der Waals surface area contributed by atoms with Gasteiger partial charge in [0, 0.05) is 25.8 Å². The zero-order valence-electron chi connectivity index (χ0n) is 11.6. The Kier molecular flexibility index (Phi) is 2.44. The average molecular weight is 285 g/mol. The molecule has 0 radical (unpaired) electrons. The highest BCUT2D eigenvalue weighted by atomic mass is 16.2. The topological polar surface area (TPSA) is 68.2 Å². The second-order valence-electron chi connectivity index (χ2n) is 5.37. The van der Waals surface area contributed by atoms with Crippen LogP contribution < -0.4 is 10.2 Å². The Morgan fingerprint density at radius 3 is 2.71 bits per heavy atom. The number of carbonyl (C=O) groups is 2. The van der Waals surface area contributed by atoms with Gasteiger partial charge in [-0.3, -0.25) is 10.1 Å². The van der Waals surface area contributed by atoms with E-state index in [2.05, 4.69) is 15.2 Å². The van der Waals surface area contributed by atoms with E-state index < -0.39 is 18.2 Å². The van der Waals surface area contributed by atoms with E-state index in [1.54, 1.807) is 7.05 Å². The number of hydrogen-bond acceptors (Lipinski definition) is 5. The molecule has 1 aromatic rings. The molecule has 7 heteroatoms. The van der Waals surface area contributed by atoms with Crippen molar-refractivity contribution in [2.24, 2.45) is 4.99 Å². The van der Waals surface area contributed by atoms with Crippen LogP contribution in [0.2, 0.25) is 0 Å². The van der Waals surface area contributed by atoms with Crippen LogP contribution in [0.4, 0.5) is 10.5 Å². The number of nitrogens with zero attached hydrogens (tertiary/aromatic N) is 4. The van der Waals surface area contributed by atoms with E-state index >= 15 is 0 Å². The lowest BCUT2D eigenvalue weighted by atomic mass is 10.1. The van der Waals surface area contributed by atoms with E-state index in [4.69, 9.17) is 0 Å². The summed E-state index contributed by atoms with van der Waals surface area (Å²) in [7, 11) is 1.67. The average Bonchev–Trinajstić information content (AvgIpc) is 3.04. The lowest BCUT2D eigenvalue weighted by Crippen LogP contribution is -2.63. The maximum Gasteiger partial charge on any atom is 0.325 e. The number of aliphatic imine (C=N–C) groups is 1. The number of urea groups is 1. The van der Waals surface area contributed by atoms with Crippen LogP contribution in [-0.2, 0) is 4.79 Å². The minimum Gasteiger partial charge on any atom is -0.325 e. The number of benzene rings is 1. The fourth-order valence-corrected chi connectivity index (χ4v) is 3.14. The first-order chi connectivity index (χ1) is 10.2. The Labute approximate surface area is 121 Å². The summed E-state index contributed by atoms with van der Waals surface area (Å²) in [5.41, 5.74) is 1.05. The van der Waals surface area contributed by atoms with Crippen molar-refractivity contribution in [3.63, 3.8) is 0 Å². The van der Waals surface area contributed by atoms with Crippen LogP contribution in [0.15, 0.2) is 35.3 Å². The largest absolute Gasteiger partial charge is 0.325 e. The summed E-state index contributed by atoms with van der Waals surface area (Å²) >= 11 is 0. The molecule has 1 aromatic carbocycles. The van der Waals surface area contributed by atoms with Crippen LogP contribution in [0.25, 0.3) is 0 Å². The smallest absolute Gasteiger partial charge is 0.325 e. The van der Waals surface area contributed by atoms with Gasteiger partial charge in [-0.1, -0.05) is 18.2 Å². The number of hydrogen-bond donors (Lipinski definition) is 1. The molecule has 2 fully saturated rings. The Balaban J connectivity index is 1.71. The normalized spacial score (nSPS) is 27.5. The van der Waals surface area contributed by atoms with Crippen molar-refractivity contribution >= 4 is 23.6 Å². The van der Waals surface area contributed by atoms with Gasteiger partial charge in [0.2, 0.25) is 5.96 Å². The third-order valence-corrected chi connectivity index (χ3v) is 4.21. The third kappa shape index (κ3) is 1.63. The molecule has 3 heterocycles. The molecule has 3 aliphatic heterocycles. The number of amides is 3. The number of likely N-dealkylation sites (N-methyl/N-ethyl adjacent to an activating group) is 1. The van der Waals surface area contributed by atoms with Gasteiger partial charge in [-0.25, -0.2) is 9.79 Å². The number of guanidine groups is 1. The Hall–Kier alpha value is -2.57. The molecule has 0 aromatic heterocycles. The van der Waals surface area contributed by atoms with Crippen LogP contribution in [0.5, 0.6) is 0 Å². The zero-order valence-corrected chi connectivity index (χ0v) is 11.6. The summed E-state index contributed by atoms with van der Waals surface area (Å²) < 4.78 is 0. The molecular weight excluding hydrogens is 270 g/mol. The summed E-state index contributed by atoms with van der Waals surface area (Å²) in [6.07, 6.45) is -0.437. The van der Waals surface area contributed by atoms with Crippen molar-refractivity contribution in [1.82, 2.24) is 15.1 Å². The van der Waals surface area contributed by atoms with Gasteiger partial charge in [0.05, 0.1) is 0 Å². The van der Waals surface area contributed by atoms with Crippen LogP contribution in [-0.4, -0.2) is 60.0 Å². The predicted octanol–water partition coefficient (Wildman–Crippen LogP) is 0.0545. The molecule has 21 heavy (non-hydrogen) atoms. The van der Waals surface area contributed by atoms with Gasteiger partial charge in [0.25, 0.3) is 5.91 Å². The first kappa shape index (κ1) is 12.2. The molecular formula is C14H15N5O2. The monoisotopic (exact) mass is 285 g/mol. The highest BCUT2D eigenvalue weighted by Crippen LogP contribution is 2.30. The molecule has 2 saturated heterocycles. The number of imide groups is 1. The van der Waals surface area contributed by atoms with E-state index in [1.807, 2.05) is 35.2 Å². The fourth-order valence-electron chi connectivity index (χ4n) is 3.14. The first-order valence-electron chi connectivity index (χ1n) is 6.91. The molecule has 0 spiro atoms. The zero-order chi connectivity index (χ0) is 14.6. The maximum atomic E-state index is 12.1. The van der Waals surface area contributed by atoms with E-state index in [-0.39, 0.29) is 5.91 Å². The summed E-state index contributed by atoms with van der Waals surface area (Å²) in [6, 6.07) is 9.14. The molecule has 1 N–H and O–H groups in total. The highest BCUT2D eigenvalue weighted by molar-refractivity contribution is 6.07. The second kappa shape index (κ2) is 4.21. The van der Waals surface area contributed by atoms with Gasteiger partial charge in [-0.05, 0) is 12.1 Å². The molecule has 2 unspecified atom stereocenters. The molecule has 3 aliphatic rings. The van der Waals surface area contributed by atoms with E-state index in [0.717, 1.165) is 24.7 Å². The van der Waals surface area contributed by atoms with Crippen LogP contribution in [0.1, 0.15) is 0 Å². The van der Waals surface area contributed by atoms with Gasteiger partial charge in [0.1, 0.15) is 0 Å². The van der Waals surface area contributed by atoms with Crippen LogP contribution >= 0.6 is 0 Å². The van der Waals surface area contributed by atoms with Crippen molar-refractivity contribution in [2.45, 2.75) is 12.2 Å². The van der Waals surface area contributed by atoms with Gasteiger partial charge in [-0.15, -0.1) is 0 Å². The van der Waals surface area contributed by atoms with Crippen molar-refractivity contribution in [3.8, 4) is 0 Å². The summed E-state index contributed by atoms with van der Waals surface area (Å²) in [5.74, 6) is 0.504. The lowest BCUT2D eigenvalue weighted by molar-refractivity contribution is -0.126. The molecule has 0 bridgehead atoms. The molecule has 0 aliphatic carbocycles. The van der Waals surface area contributed by atoms with E-state index in [9.17, 15) is 9.59 Å².